The van der Waals surface area contributed by atoms with Crippen LogP contribution >= 0.6 is 0 Å². The van der Waals surface area contributed by atoms with Gasteiger partial charge in [0, 0.05) is 11.8 Å². The van der Waals surface area contributed by atoms with Crippen LogP contribution in [0.4, 0.5) is 5.95 Å². The van der Waals surface area contributed by atoms with Gasteiger partial charge in [0.05, 0.1) is 5.56 Å². The number of hydrazine groups is 1. The zero-order chi connectivity index (χ0) is 13.0. The number of para-hydroxylation sites is 1. The lowest BCUT2D eigenvalue weighted by atomic mass is 10.2. The third-order valence-electron chi connectivity index (χ3n) is 2.18. The highest BCUT2D eigenvalue weighted by Gasteiger charge is 2.06. The molecule has 0 aliphatic rings. The normalized spacial score (nSPS) is 9.61. The molecule has 0 fully saturated rings. The number of nitrogens with one attached hydrogen (secondary N) is 1. The predicted octanol–water partition coefficient (Wildman–Crippen LogP) is 1.73. The van der Waals surface area contributed by atoms with E-state index in [9.17, 15) is 0 Å². The molecule has 0 bridgehead atoms. The van der Waals surface area contributed by atoms with Gasteiger partial charge in [-0.25, -0.2) is 10.8 Å². The average Bonchev–Trinajstić information content (AvgIpc) is 2.38. The van der Waals surface area contributed by atoms with Crippen molar-refractivity contribution in [2.24, 2.45) is 5.84 Å². The molecule has 1 heterocycles. The molecule has 2 aromatic rings. The maximum absolute atomic E-state index is 8.96. The first-order chi connectivity index (χ1) is 8.72. The van der Waals surface area contributed by atoms with E-state index in [1.807, 2.05) is 0 Å². The Bertz CT molecular complexity index is 606. The first-order valence-electron chi connectivity index (χ1n) is 5.22. The molecule has 0 aliphatic carbocycles. The Labute approximate surface area is 104 Å². The second kappa shape index (κ2) is 5.12. The molecule has 0 saturated heterocycles. The fourth-order valence-corrected chi connectivity index (χ4v) is 1.42. The number of aryl methyl sites for hydroxylation is 1. The van der Waals surface area contributed by atoms with Gasteiger partial charge < -0.3 is 4.74 Å². The molecule has 1 aromatic heterocycles. The molecule has 0 atom stereocenters. The zero-order valence-electron chi connectivity index (χ0n) is 9.71. The highest BCUT2D eigenvalue weighted by Crippen LogP contribution is 2.24. The summed E-state index contributed by atoms with van der Waals surface area (Å²) >= 11 is 0. The summed E-state index contributed by atoms with van der Waals surface area (Å²) < 4.78 is 5.55. The Morgan fingerprint density at radius 3 is 2.83 bits per heavy atom. The second-order valence-corrected chi connectivity index (χ2v) is 3.53. The largest absolute Gasteiger partial charge is 0.437 e. The van der Waals surface area contributed by atoms with Gasteiger partial charge in [-0.15, -0.1) is 0 Å². The van der Waals surface area contributed by atoms with Crippen molar-refractivity contribution in [2.75, 3.05) is 5.43 Å². The van der Waals surface area contributed by atoms with Crippen molar-refractivity contribution >= 4 is 5.95 Å². The monoisotopic (exact) mass is 241 g/mol. The minimum atomic E-state index is 0.263. The molecule has 90 valence electrons. The van der Waals surface area contributed by atoms with E-state index < -0.39 is 0 Å². The maximum atomic E-state index is 8.96. The summed E-state index contributed by atoms with van der Waals surface area (Å²) in [6, 6.07) is 10.6. The number of nitrogens with two attached hydrogens (primary N) is 1. The quantitative estimate of drug-likeness (QED) is 0.627. The topological polar surface area (TPSA) is 96.8 Å². The van der Waals surface area contributed by atoms with Crippen LogP contribution in [0.2, 0.25) is 0 Å². The molecular formula is C12H11N5O. The van der Waals surface area contributed by atoms with Crippen LogP contribution in [0.3, 0.4) is 0 Å². The number of hydrogen-bond donors (Lipinski definition) is 2. The lowest BCUT2D eigenvalue weighted by molar-refractivity contribution is 0.460. The minimum absolute atomic E-state index is 0.263. The highest BCUT2D eigenvalue weighted by atomic mass is 16.5. The molecule has 3 N–H and O–H groups in total. The van der Waals surface area contributed by atoms with Gasteiger partial charge in [-0.3, -0.25) is 5.43 Å². The SMILES string of the molecule is Cc1cc(Oc2ccccc2C#N)nc(NN)n1. The summed E-state index contributed by atoms with van der Waals surface area (Å²) in [5.41, 5.74) is 3.51. The van der Waals surface area contributed by atoms with Crippen LogP contribution in [0, 0.1) is 18.3 Å². The maximum Gasteiger partial charge on any atom is 0.240 e. The van der Waals surface area contributed by atoms with E-state index >= 15 is 0 Å². The molecule has 18 heavy (non-hydrogen) atoms. The van der Waals surface area contributed by atoms with Gasteiger partial charge in [0.25, 0.3) is 0 Å². The summed E-state index contributed by atoms with van der Waals surface area (Å²) in [5, 5.41) is 8.96. The molecule has 6 heteroatoms. The van der Waals surface area contributed by atoms with E-state index in [1.165, 1.54) is 0 Å². The fourth-order valence-electron chi connectivity index (χ4n) is 1.42. The van der Waals surface area contributed by atoms with Crippen LogP contribution in [-0.2, 0) is 0 Å². The van der Waals surface area contributed by atoms with Crippen LogP contribution in [0.25, 0.3) is 0 Å². The Morgan fingerprint density at radius 2 is 2.11 bits per heavy atom. The Balaban J connectivity index is 2.34. The van der Waals surface area contributed by atoms with Crippen LogP contribution in [0.1, 0.15) is 11.3 Å². The van der Waals surface area contributed by atoms with Crippen LogP contribution in [0.15, 0.2) is 30.3 Å². The molecular weight excluding hydrogens is 230 g/mol. The summed E-state index contributed by atoms with van der Waals surface area (Å²) in [6.07, 6.45) is 0. The summed E-state index contributed by atoms with van der Waals surface area (Å²) in [6.45, 7) is 1.80. The summed E-state index contributed by atoms with van der Waals surface area (Å²) in [7, 11) is 0. The van der Waals surface area contributed by atoms with Crippen LogP contribution < -0.4 is 16.0 Å². The van der Waals surface area contributed by atoms with Crippen molar-refractivity contribution in [2.45, 2.75) is 6.92 Å². The van der Waals surface area contributed by atoms with E-state index in [4.69, 9.17) is 15.8 Å². The number of benzene rings is 1. The van der Waals surface area contributed by atoms with E-state index in [0.29, 0.717) is 22.9 Å². The van der Waals surface area contributed by atoms with Gasteiger partial charge in [0.2, 0.25) is 11.8 Å². The first kappa shape index (κ1) is 11.8. The molecule has 0 aliphatic heterocycles. The van der Waals surface area contributed by atoms with Crippen molar-refractivity contribution in [1.29, 1.82) is 5.26 Å². The first-order valence-corrected chi connectivity index (χ1v) is 5.22. The fraction of sp³-hybridized carbons (Fsp3) is 0.0833. The number of hydrogen-bond acceptors (Lipinski definition) is 6. The van der Waals surface area contributed by atoms with Gasteiger partial charge in [0.15, 0.2) is 0 Å². The van der Waals surface area contributed by atoms with E-state index in [0.717, 1.165) is 0 Å². The number of nitriles is 1. The number of ether oxygens (including phenoxy) is 1. The molecule has 2 rings (SSSR count). The molecule has 0 saturated carbocycles. The zero-order valence-corrected chi connectivity index (χ0v) is 9.71. The molecule has 0 amide bonds. The highest BCUT2D eigenvalue weighted by molar-refractivity contribution is 5.44. The van der Waals surface area contributed by atoms with Crippen LogP contribution in [-0.4, -0.2) is 9.97 Å². The van der Waals surface area contributed by atoms with Crippen molar-refractivity contribution in [1.82, 2.24) is 9.97 Å². The number of aromatic nitrogens is 2. The third kappa shape index (κ3) is 2.53. The summed E-state index contributed by atoms with van der Waals surface area (Å²) in [4.78, 5) is 8.09. The molecule has 0 unspecified atom stereocenters. The Kier molecular flexibility index (Phi) is 3.36. The number of nitrogens with zero attached hydrogens (tertiary/aromatic N) is 3. The van der Waals surface area contributed by atoms with Crippen molar-refractivity contribution < 1.29 is 4.74 Å². The summed E-state index contributed by atoms with van der Waals surface area (Å²) in [5.74, 6) is 6.29. The smallest absolute Gasteiger partial charge is 0.240 e. The number of anilines is 1. The van der Waals surface area contributed by atoms with Gasteiger partial charge in [0.1, 0.15) is 11.8 Å². The molecule has 0 radical (unpaired) electrons. The lowest BCUT2D eigenvalue weighted by Crippen LogP contribution is -2.11. The third-order valence-corrected chi connectivity index (χ3v) is 2.18. The van der Waals surface area contributed by atoms with Crippen LogP contribution in [0.5, 0.6) is 11.6 Å². The van der Waals surface area contributed by atoms with E-state index in [2.05, 4.69) is 21.5 Å². The average molecular weight is 241 g/mol. The van der Waals surface area contributed by atoms with Gasteiger partial charge >= 0.3 is 0 Å². The van der Waals surface area contributed by atoms with Crippen molar-refractivity contribution in [3.05, 3.63) is 41.6 Å². The number of rotatable bonds is 3. The Hall–Kier alpha value is -2.65. The van der Waals surface area contributed by atoms with Crippen molar-refractivity contribution in [3.63, 3.8) is 0 Å². The number of nitrogen functional groups attached to an aromatic ring is 1. The molecule has 6 nitrogen and oxygen atoms in total. The van der Waals surface area contributed by atoms with Crippen molar-refractivity contribution in [3.8, 4) is 17.7 Å². The lowest BCUT2D eigenvalue weighted by Gasteiger charge is -2.08. The predicted molar refractivity (Wildman–Crippen MR) is 65.8 cm³/mol. The second-order valence-electron chi connectivity index (χ2n) is 3.53. The van der Waals surface area contributed by atoms with E-state index in [1.54, 1.807) is 37.3 Å². The Morgan fingerprint density at radius 1 is 1.33 bits per heavy atom. The standard InChI is InChI=1S/C12H11N5O/c1-8-6-11(16-12(15-8)17-14)18-10-5-3-2-4-9(10)7-13/h2-6H,14H2,1H3,(H,15,16,17). The van der Waals surface area contributed by atoms with Gasteiger partial charge in [-0.05, 0) is 19.1 Å². The van der Waals surface area contributed by atoms with Gasteiger partial charge in [-0.1, -0.05) is 12.1 Å². The van der Waals surface area contributed by atoms with E-state index in [-0.39, 0.29) is 5.95 Å². The van der Waals surface area contributed by atoms with Gasteiger partial charge in [-0.2, -0.15) is 10.2 Å². The minimum Gasteiger partial charge on any atom is -0.437 e. The molecule has 0 spiro atoms. The molecule has 1 aromatic carbocycles.